The molecule has 0 aliphatic heterocycles. The van der Waals surface area contributed by atoms with Gasteiger partial charge in [-0.05, 0) is 43.7 Å². The Bertz CT molecular complexity index is 754. The van der Waals surface area contributed by atoms with Crippen molar-refractivity contribution < 1.29 is 5.11 Å². The van der Waals surface area contributed by atoms with Crippen LogP contribution in [0.2, 0.25) is 5.02 Å². The lowest BCUT2D eigenvalue weighted by Crippen LogP contribution is -2.25. The highest BCUT2D eigenvalue weighted by atomic mass is 35.5. The van der Waals surface area contributed by atoms with E-state index in [1.54, 1.807) is 13.8 Å². The second-order valence-corrected chi connectivity index (χ2v) is 5.87. The maximum absolute atomic E-state index is 10.5. The molecule has 2 aromatic carbocycles. The van der Waals surface area contributed by atoms with Gasteiger partial charge >= 0.3 is 0 Å². The van der Waals surface area contributed by atoms with Crippen LogP contribution in [0.3, 0.4) is 0 Å². The lowest BCUT2D eigenvalue weighted by molar-refractivity contribution is 0.00781. The van der Waals surface area contributed by atoms with Gasteiger partial charge in [-0.15, -0.1) is 0 Å². The summed E-state index contributed by atoms with van der Waals surface area (Å²) in [5.74, 6) is 0. The van der Waals surface area contributed by atoms with Gasteiger partial charge in [0.1, 0.15) is 5.72 Å². The zero-order valence-corrected chi connectivity index (χ0v) is 12.2. The molecule has 102 valence electrons. The third kappa shape index (κ3) is 2.21. The molecule has 3 aromatic rings. The molecule has 0 saturated heterocycles. The molecule has 20 heavy (non-hydrogen) atoms. The third-order valence-corrected chi connectivity index (χ3v) is 3.62. The first-order valence-electron chi connectivity index (χ1n) is 6.56. The van der Waals surface area contributed by atoms with Gasteiger partial charge in [-0.3, -0.25) is 0 Å². The topological polar surface area (TPSA) is 25.2 Å². The molecule has 1 aromatic heterocycles. The number of nitrogens with zero attached hydrogens (tertiary/aromatic N) is 1. The van der Waals surface area contributed by atoms with Crippen molar-refractivity contribution in [2.75, 3.05) is 0 Å². The number of rotatable bonds is 2. The van der Waals surface area contributed by atoms with Crippen LogP contribution in [0.25, 0.3) is 22.2 Å². The Morgan fingerprint density at radius 1 is 1.00 bits per heavy atom. The van der Waals surface area contributed by atoms with Crippen LogP contribution in [-0.4, -0.2) is 9.67 Å². The summed E-state index contributed by atoms with van der Waals surface area (Å²) >= 11 is 6.07. The number of hydrogen-bond acceptors (Lipinski definition) is 1. The number of halogens is 1. The molecule has 0 saturated carbocycles. The van der Waals surface area contributed by atoms with Gasteiger partial charge in [-0.2, -0.15) is 0 Å². The second-order valence-electron chi connectivity index (χ2n) is 5.43. The van der Waals surface area contributed by atoms with Gasteiger partial charge in [-0.1, -0.05) is 41.9 Å². The summed E-state index contributed by atoms with van der Waals surface area (Å²) in [5, 5.41) is 12.2. The predicted octanol–water partition coefficient (Wildman–Crippen LogP) is 4.65. The number of benzene rings is 2. The molecule has 0 unspecified atom stereocenters. The Kier molecular flexibility index (Phi) is 3.08. The van der Waals surface area contributed by atoms with E-state index in [9.17, 15) is 5.11 Å². The Balaban J connectivity index is 2.36. The summed E-state index contributed by atoms with van der Waals surface area (Å²) in [6.45, 7) is 3.57. The molecule has 0 radical (unpaired) electrons. The minimum Gasteiger partial charge on any atom is -0.371 e. The molecule has 0 bridgehead atoms. The van der Waals surface area contributed by atoms with Gasteiger partial charge in [0.05, 0.1) is 11.2 Å². The van der Waals surface area contributed by atoms with Crippen molar-refractivity contribution in [2.45, 2.75) is 19.6 Å². The van der Waals surface area contributed by atoms with E-state index in [2.05, 4.69) is 6.07 Å². The van der Waals surface area contributed by atoms with Gasteiger partial charge in [0.2, 0.25) is 0 Å². The summed E-state index contributed by atoms with van der Waals surface area (Å²) in [7, 11) is 0. The van der Waals surface area contributed by atoms with Crippen LogP contribution in [0.5, 0.6) is 0 Å². The number of hydrogen-bond donors (Lipinski definition) is 1. The highest BCUT2D eigenvalue weighted by molar-refractivity contribution is 6.31. The summed E-state index contributed by atoms with van der Waals surface area (Å²) in [6, 6.07) is 17.8. The lowest BCUT2D eigenvalue weighted by atomic mass is 10.1. The number of aliphatic hydroxyl groups is 1. The van der Waals surface area contributed by atoms with Crippen molar-refractivity contribution in [1.82, 2.24) is 4.57 Å². The van der Waals surface area contributed by atoms with Crippen molar-refractivity contribution in [1.29, 1.82) is 0 Å². The Morgan fingerprint density at radius 3 is 2.35 bits per heavy atom. The molecular weight excluding hydrogens is 270 g/mol. The van der Waals surface area contributed by atoms with Gasteiger partial charge in [-0.25, -0.2) is 0 Å². The summed E-state index contributed by atoms with van der Waals surface area (Å²) in [6.07, 6.45) is 0. The van der Waals surface area contributed by atoms with Gasteiger partial charge in [0.25, 0.3) is 0 Å². The fourth-order valence-electron chi connectivity index (χ4n) is 2.60. The number of fused-ring (bicyclic) bond motifs is 1. The highest BCUT2D eigenvalue weighted by Crippen LogP contribution is 2.33. The van der Waals surface area contributed by atoms with Crippen molar-refractivity contribution in [3.63, 3.8) is 0 Å². The lowest BCUT2D eigenvalue weighted by Gasteiger charge is -2.24. The molecule has 0 spiro atoms. The molecule has 0 fully saturated rings. The Labute approximate surface area is 123 Å². The molecule has 0 atom stereocenters. The highest BCUT2D eigenvalue weighted by Gasteiger charge is 2.22. The van der Waals surface area contributed by atoms with Crippen molar-refractivity contribution in [3.8, 4) is 11.3 Å². The van der Waals surface area contributed by atoms with E-state index in [0.717, 1.165) is 22.2 Å². The standard InChI is InChI=1S/C17H16ClNO/c1-17(2,20)19-15-9-8-14(18)10-13(15)11-16(19)12-6-4-3-5-7-12/h3-11,20H,1-2H3. The maximum atomic E-state index is 10.5. The van der Waals surface area contributed by atoms with E-state index in [1.807, 2.05) is 53.1 Å². The molecule has 0 aliphatic carbocycles. The largest absolute Gasteiger partial charge is 0.371 e. The number of aromatic nitrogens is 1. The fourth-order valence-corrected chi connectivity index (χ4v) is 2.78. The molecule has 0 aliphatic rings. The van der Waals surface area contributed by atoms with E-state index < -0.39 is 5.72 Å². The van der Waals surface area contributed by atoms with E-state index in [1.165, 1.54) is 0 Å². The summed E-state index contributed by atoms with van der Waals surface area (Å²) < 4.78 is 1.94. The van der Waals surface area contributed by atoms with Gasteiger partial charge in [0, 0.05) is 10.4 Å². The first kappa shape index (κ1) is 13.2. The zero-order chi connectivity index (χ0) is 14.3. The molecular formula is C17H16ClNO. The Morgan fingerprint density at radius 2 is 1.70 bits per heavy atom. The normalized spacial score (nSPS) is 12.0. The third-order valence-electron chi connectivity index (χ3n) is 3.38. The SMILES string of the molecule is CC(C)(O)n1c(-c2ccccc2)cc2cc(Cl)ccc21. The predicted molar refractivity (Wildman–Crippen MR) is 83.9 cm³/mol. The zero-order valence-electron chi connectivity index (χ0n) is 11.5. The van der Waals surface area contributed by atoms with Crippen molar-refractivity contribution in [3.05, 3.63) is 59.6 Å². The monoisotopic (exact) mass is 285 g/mol. The quantitative estimate of drug-likeness (QED) is 0.729. The molecule has 2 nitrogen and oxygen atoms in total. The second kappa shape index (κ2) is 4.65. The molecule has 1 N–H and O–H groups in total. The van der Waals surface area contributed by atoms with Crippen LogP contribution in [-0.2, 0) is 5.72 Å². The van der Waals surface area contributed by atoms with E-state index in [4.69, 9.17) is 11.6 Å². The summed E-state index contributed by atoms with van der Waals surface area (Å²) in [4.78, 5) is 0. The summed E-state index contributed by atoms with van der Waals surface area (Å²) in [5.41, 5.74) is 2.04. The average Bonchev–Trinajstić information content (AvgIpc) is 2.78. The van der Waals surface area contributed by atoms with E-state index in [-0.39, 0.29) is 0 Å². The molecule has 0 amide bonds. The van der Waals surface area contributed by atoms with Gasteiger partial charge < -0.3 is 9.67 Å². The fraction of sp³-hybridized carbons (Fsp3) is 0.176. The van der Waals surface area contributed by atoms with Gasteiger partial charge in [0.15, 0.2) is 0 Å². The van der Waals surface area contributed by atoms with Crippen LogP contribution < -0.4 is 0 Å². The minimum absolute atomic E-state index is 0.699. The molecule has 3 heteroatoms. The van der Waals surface area contributed by atoms with E-state index >= 15 is 0 Å². The maximum Gasteiger partial charge on any atom is 0.136 e. The van der Waals surface area contributed by atoms with Crippen LogP contribution in [0, 0.1) is 0 Å². The van der Waals surface area contributed by atoms with Crippen LogP contribution in [0.15, 0.2) is 54.6 Å². The first-order valence-corrected chi connectivity index (χ1v) is 6.94. The smallest absolute Gasteiger partial charge is 0.136 e. The van der Waals surface area contributed by atoms with E-state index in [0.29, 0.717) is 5.02 Å². The van der Waals surface area contributed by atoms with Crippen molar-refractivity contribution >= 4 is 22.5 Å². The minimum atomic E-state index is -0.985. The molecule has 1 heterocycles. The van der Waals surface area contributed by atoms with Crippen LogP contribution in [0.4, 0.5) is 0 Å². The molecule has 3 rings (SSSR count). The van der Waals surface area contributed by atoms with Crippen LogP contribution >= 0.6 is 11.6 Å². The average molecular weight is 286 g/mol. The van der Waals surface area contributed by atoms with Crippen molar-refractivity contribution in [2.24, 2.45) is 0 Å². The van der Waals surface area contributed by atoms with Crippen LogP contribution in [0.1, 0.15) is 13.8 Å². The first-order chi connectivity index (χ1) is 9.47. The Hall–Kier alpha value is -1.77.